The first-order valence-corrected chi connectivity index (χ1v) is 12.7. The SMILES string of the molecule is CCCc1ccc(S(=O)(=O)N2CCc3c([nH]c4ccccc34)[C@H]2c2ccc(C)cc2)cc1. The van der Waals surface area contributed by atoms with Gasteiger partial charge in [-0.25, -0.2) is 8.42 Å². The van der Waals surface area contributed by atoms with Crippen molar-refractivity contribution in [1.29, 1.82) is 0 Å². The Morgan fingerprint density at radius 3 is 2.41 bits per heavy atom. The van der Waals surface area contributed by atoms with Crippen molar-refractivity contribution in [2.75, 3.05) is 6.54 Å². The van der Waals surface area contributed by atoms with Crippen molar-refractivity contribution >= 4 is 20.9 Å². The molecule has 0 aliphatic carbocycles. The minimum atomic E-state index is -3.67. The van der Waals surface area contributed by atoms with Gasteiger partial charge in [-0.3, -0.25) is 0 Å². The van der Waals surface area contributed by atoms with Crippen molar-refractivity contribution < 1.29 is 8.42 Å². The van der Waals surface area contributed by atoms with Gasteiger partial charge in [-0.1, -0.05) is 73.5 Å². The normalized spacial score (nSPS) is 16.9. The molecule has 0 amide bonds. The van der Waals surface area contributed by atoms with Crippen LogP contribution in [0.3, 0.4) is 0 Å². The van der Waals surface area contributed by atoms with Crippen LogP contribution < -0.4 is 0 Å². The van der Waals surface area contributed by atoms with E-state index in [1.165, 1.54) is 10.9 Å². The molecule has 1 aliphatic rings. The molecule has 0 saturated heterocycles. The summed E-state index contributed by atoms with van der Waals surface area (Å²) < 4.78 is 29.4. The highest BCUT2D eigenvalue weighted by molar-refractivity contribution is 7.89. The summed E-state index contributed by atoms with van der Waals surface area (Å²) in [5, 5.41) is 1.18. The molecule has 5 rings (SSSR count). The molecule has 5 heteroatoms. The molecule has 0 bridgehead atoms. The number of nitrogens with one attached hydrogen (secondary N) is 1. The average Bonchev–Trinajstić information content (AvgIpc) is 3.18. The minimum Gasteiger partial charge on any atom is -0.357 e. The molecule has 0 fully saturated rings. The third-order valence-electron chi connectivity index (χ3n) is 6.45. The molecule has 0 spiro atoms. The van der Waals surface area contributed by atoms with E-state index in [9.17, 15) is 8.42 Å². The van der Waals surface area contributed by atoms with E-state index in [0.717, 1.165) is 40.7 Å². The average molecular weight is 445 g/mol. The number of fused-ring (bicyclic) bond motifs is 3. The number of H-pyrrole nitrogens is 1. The van der Waals surface area contributed by atoms with Gasteiger partial charge in [0, 0.05) is 23.1 Å². The van der Waals surface area contributed by atoms with Gasteiger partial charge in [0.05, 0.1) is 10.9 Å². The summed E-state index contributed by atoms with van der Waals surface area (Å²) in [5.74, 6) is 0. The van der Waals surface area contributed by atoms with Gasteiger partial charge in [0.1, 0.15) is 0 Å². The highest BCUT2D eigenvalue weighted by Gasteiger charge is 2.39. The highest BCUT2D eigenvalue weighted by Crippen LogP contribution is 2.41. The Kier molecular flexibility index (Phi) is 5.39. The zero-order chi connectivity index (χ0) is 22.3. The third-order valence-corrected chi connectivity index (χ3v) is 8.33. The van der Waals surface area contributed by atoms with Crippen LogP contribution in [0.5, 0.6) is 0 Å². The first kappa shape index (κ1) is 21.0. The Labute approximate surface area is 190 Å². The van der Waals surface area contributed by atoms with Crippen molar-refractivity contribution in [2.45, 2.75) is 44.0 Å². The van der Waals surface area contributed by atoms with E-state index < -0.39 is 10.0 Å². The quantitative estimate of drug-likeness (QED) is 0.425. The summed E-state index contributed by atoms with van der Waals surface area (Å²) in [6.45, 7) is 4.63. The third kappa shape index (κ3) is 3.55. The van der Waals surface area contributed by atoms with Crippen molar-refractivity contribution in [2.24, 2.45) is 0 Å². The Balaban J connectivity index is 1.64. The van der Waals surface area contributed by atoms with Gasteiger partial charge in [0.2, 0.25) is 10.0 Å². The van der Waals surface area contributed by atoms with Gasteiger partial charge in [-0.2, -0.15) is 4.31 Å². The largest absolute Gasteiger partial charge is 0.357 e. The summed E-state index contributed by atoms with van der Waals surface area (Å²) in [6, 6.07) is 23.4. The van der Waals surface area contributed by atoms with Crippen LogP contribution >= 0.6 is 0 Å². The predicted octanol–water partition coefficient (Wildman–Crippen LogP) is 5.77. The van der Waals surface area contributed by atoms with E-state index in [2.05, 4.69) is 36.2 Å². The molecule has 4 aromatic rings. The number of nitrogens with zero attached hydrogens (tertiary/aromatic N) is 1. The Bertz CT molecular complexity index is 1350. The number of para-hydroxylation sites is 1. The summed E-state index contributed by atoms with van der Waals surface area (Å²) in [7, 11) is -3.67. The standard InChI is InChI=1S/C27H28N2O2S/c1-3-6-20-11-15-22(16-12-20)32(30,31)29-18-17-24-23-7-4-5-8-25(23)28-26(24)27(29)21-13-9-19(2)10-14-21/h4-5,7-16,27-28H,3,6,17-18H2,1-2H3/t27-/m1/s1. The van der Waals surface area contributed by atoms with Crippen LogP contribution in [0, 0.1) is 6.92 Å². The molecule has 0 radical (unpaired) electrons. The number of rotatable bonds is 5. The lowest BCUT2D eigenvalue weighted by molar-refractivity contribution is 0.340. The van der Waals surface area contributed by atoms with Crippen LogP contribution in [-0.2, 0) is 22.9 Å². The van der Waals surface area contributed by atoms with Crippen molar-refractivity contribution in [1.82, 2.24) is 9.29 Å². The predicted molar refractivity (Wildman–Crippen MR) is 129 cm³/mol. The maximum absolute atomic E-state index is 13.8. The lowest BCUT2D eigenvalue weighted by Crippen LogP contribution is -2.40. The topological polar surface area (TPSA) is 53.2 Å². The second-order valence-electron chi connectivity index (χ2n) is 8.64. The van der Waals surface area contributed by atoms with E-state index in [-0.39, 0.29) is 6.04 Å². The Morgan fingerprint density at radius 2 is 1.69 bits per heavy atom. The van der Waals surface area contributed by atoms with Crippen molar-refractivity contribution in [3.05, 3.63) is 101 Å². The summed E-state index contributed by atoms with van der Waals surface area (Å²) in [5.41, 5.74) is 6.55. The zero-order valence-corrected chi connectivity index (χ0v) is 19.3. The van der Waals surface area contributed by atoms with Crippen LogP contribution in [-0.4, -0.2) is 24.3 Å². The number of aromatic amines is 1. The number of aromatic nitrogens is 1. The molecule has 1 aromatic heterocycles. The van der Waals surface area contributed by atoms with Crippen LogP contribution in [0.2, 0.25) is 0 Å². The second-order valence-corrected chi connectivity index (χ2v) is 10.5. The minimum absolute atomic E-state index is 0.356. The monoisotopic (exact) mass is 444 g/mol. The zero-order valence-electron chi connectivity index (χ0n) is 18.5. The molecule has 1 atom stereocenters. The molecule has 3 aromatic carbocycles. The van der Waals surface area contributed by atoms with Crippen molar-refractivity contribution in [3.63, 3.8) is 0 Å². The molecule has 1 N–H and O–H groups in total. The van der Waals surface area contributed by atoms with E-state index >= 15 is 0 Å². The fraction of sp³-hybridized carbons (Fsp3) is 0.259. The van der Waals surface area contributed by atoms with Crippen LogP contribution in [0.15, 0.2) is 77.7 Å². The molecule has 1 aliphatic heterocycles. The van der Waals surface area contributed by atoms with E-state index in [1.54, 1.807) is 16.4 Å². The van der Waals surface area contributed by atoms with E-state index in [4.69, 9.17) is 0 Å². The van der Waals surface area contributed by atoms with Gasteiger partial charge in [-0.05, 0) is 54.7 Å². The van der Waals surface area contributed by atoms with E-state index in [1.807, 2.05) is 43.3 Å². The molecule has 4 nitrogen and oxygen atoms in total. The van der Waals surface area contributed by atoms with Gasteiger partial charge in [0.25, 0.3) is 0 Å². The maximum Gasteiger partial charge on any atom is 0.244 e. The number of aryl methyl sites for hydroxylation is 2. The lowest BCUT2D eigenvalue weighted by Gasteiger charge is -2.35. The molecular formula is C27H28N2O2S. The smallest absolute Gasteiger partial charge is 0.244 e. The van der Waals surface area contributed by atoms with Crippen molar-refractivity contribution in [3.8, 4) is 0 Å². The Hall–Kier alpha value is -2.89. The van der Waals surface area contributed by atoms with Crippen LogP contribution in [0.25, 0.3) is 10.9 Å². The summed E-state index contributed by atoms with van der Waals surface area (Å²) >= 11 is 0. The van der Waals surface area contributed by atoms with Gasteiger partial charge >= 0.3 is 0 Å². The van der Waals surface area contributed by atoms with Crippen LogP contribution in [0.4, 0.5) is 0 Å². The molecule has 0 saturated carbocycles. The second kappa shape index (κ2) is 8.23. The van der Waals surface area contributed by atoms with E-state index in [0.29, 0.717) is 17.9 Å². The fourth-order valence-electron chi connectivity index (χ4n) is 4.81. The molecule has 164 valence electrons. The first-order valence-electron chi connectivity index (χ1n) is 11.3. The number of hydrogen-bond donors (Lipinski definition) is 1. The summed E-state index contributed by atoms with van der Waals surface area (Å²) in [4.78, 5) is 3.91. The molecule has 32 heavy (non-hydrogen) atoms. The van der Waals surface area contributed by atoms with Gasteiger partial charge < -0.3 is 4.98 Å². The molecular weight excluding hydrogens is 416 g/mol. The number of hydrogen-bond acceptors (Lipinski definition) is 2. The number of sulfonamides is 1. The highest BCUT2D eigenvalue weighted by atomic mass is 32.2. The number of benzene rings is 3. The maximum atomic E-state index is 13.8. The van der Waals surface area contributed by atoms with Gasteiger partial charge in [0.15, 0.2) is 0 Å². The molecule has 0 unspecified atom stereocenters. The lowest BCUT2D eigenvalue weighted by atomic mass is 9.94. The first-order chi connectivity index (χ1) is 15.5. The summed E-state index contributed by atoms with van der Waals surface area (Å²) in [6.07, 6.45) is 2.68. The fourth-order valence-corrected chi connectivity index (χ4v) is 6.40. The van der Waals surface area contributed by atoms with Crippen LogP contribution in [0.1, 0.15) is 47.3 Å². The Morgan fingerprint density at radius 1 is 0.969 bits per heavy atom. The van der Waals surface area contributed by atoms with Gasteiger partial charge in [-0.15, -0.1) is 0 Å². The molecule has 2 heterocycles.